The lowest BCUT2D eigenvalue weighted by Crippen LogP contribution is -2.05. The molecule has 0 aromatic carbocycles. The molecule has 0 aliphatic heterocycles. The van der Waals surface area contributed by atoms with Crippen molar-refractivity contribution in [3.05, 3.63) is 36.3 Å². The zero-order valence-corrected chi connectivity index (χ0v) is 8.16. The van der Waals surface area contributed by atoms with Crippen LogP contribution in [0.4, 0.5) is 0 Å². The maximum Gasteiger partial charge on any atom is 0.136 e. The number of pyridine rings is 1. The van der Waals surface area contributed by atoms with Crippen LogP contribution < -0.4 is 5.73 Å². The van der Waals surface area contributed by atoms with Gasteiger partial charge in [-0.05, 0) is 18.6 Å². The first kappa shape index (κ1) is 10.0. The van der Waals surface area contributed by atoms with Crippen molar-refractivity contribution in [2.45, 2.75) is 13.0 Å². The highest BCUT2D eigenvalue weighted by Crippen LogP contribution is 2.10. The predicted octanol–water partition coefficient (Wildman–Crippen LogP) is 1.78. The van der Waals surface area contributed by atoms with E-state index in [0.29, 0.717) is 0 Å². The third kappa shape index (κ3) is 1.82. The van der Waals surface area contributed by atoms with Crippen molar-refractivity contribution in [2.24, 2.45) is 5.73 Å². The fourth-order valence-electron chi connectivity index (χ4n) is 1.21. The first-order valence-electron chi connectivity index (χ1n) is 3.95. The van der Waals surface area contributed by atoms with E-state index >= 15 is 0 Å². The summed E-state index contributed by atoms with van der Waals surface area (Å²) in [6.45, 7) is 1.97. The fourth-order valence-corrected chi connectivity index (χ4v) is 1.21. The fraction of sp³-hybridized carbons (Fsp3) is 0.222. The number of imidazole rings is 1. The van der Waals surface area contributed by atoms with Gasteiger partial charge in [0.1, 0.15) is 5.65 Å². The summed E-state index contributed by atoms with van der Waals surface area (Å²) >= 11 is 0. The minimum absolute atomic E-state index is 0. The molecule has 0 radical (unpaired) electrons. The van der Waals surface area contributed by atoms with Gasteiger partial charge in [-0.25, -0.2) is 4.98 Å². The summed E-state index contributed by atoms with van der Waals surface area (Å²) in [5.41, 5.74) is 7.82. The van der Waals surface area contributed by atoms with Gasteiger partial charge in [-0.3, -0.25) is 0 Å². The summed E-state index contributed by atoms with van der Waals surface area (Å²) in [6, 6.07) is 4.06. The molecule has 0 saturated heterocycles. The molecule has 0 fully saturated rings. The Morgan fingerprint density at radius 3 is 2.92 bits per heavy atom. The smallest absolute Gasteiger partial charge is 0.136 e. The van der Waals surface area contributed by atoms with Crippen LogP contribution in [0.2, 0.25) is 0 Å². The van der Waals surface area contributed by atoms with Crippen LogP contribution in [-0.4, -0.2) is 9.38 Å². The predicted molar refractivity (Wildman–Crippen MR) is 55.0 cm³/mol. The highest BCUT2D eigenvalue weighted by atomic mass is 35.5. The highest BCUT2D eigenvalue weighted by molar-refractivity contribution is 5.85. The molecule has 70 valence electrons. The van der Waals surface area contributed by atoms with Gasteiger partial charge in [0.15, 0.2) is 0 Å². The maximum absolute atomic E-state index is 5.74. The van der Waals surface area contributed by atoms with E-state index in [1.807, 2.05) is 35.9 Å². The number of aromatic nitrogens is 2. The van der Waals surface area contributed by atoms with E-state index in [1.165, 1.54) is 0 Å². The third-order valence-corrected chi connectivity index (χ3v) is 1.94. The molecule has 2 aromatic rings. The van der Waals surface area contributed by atoms with Crippen molar-refractivity contribution in [2.75, 3.05) is 0 Å². The van der Waals surface area contributed by atoms with Crippen LogP contribution in [-0.2, 0) is 0 Å². The zero-order chi connectivity index (χ0) is 8.55. The number of rotatable bonds is 1. The quantitative estimate of drug-likeness (QED) is 0.758. The van der Waals surface area contributed by atoms with Gasteiger partial charge in [-0.2, -0.15) is 0 Å². The Balaban J connectivity index is 0.000000845. The van der Waals surface area contributed by atoms with Crippen molar-refractivity contribution in [1.82, 2.24) is 9.38 Å². The van der Waals surface area contributed by atoms with E-state index in [4.69, 9.17) is 5.73 Å². The number of nitrogens with two attached hydrogens (primary N) is 1. The number of nitrogens with zero attached hydrogens (tertiary/aromatic N) is 2. The normalized spacial score (nSPS) is 12.5. The van der Waals surface area contributed by atoms with Crippen molar-refractivity contribution < 1.29 is 0 Å². The van der Waals surface area contributed by atoms with Crippen LogP contribution >= 0.6 is 12.4 Å². The number of fused-ring (bicyclic) bond motifs is 1. The summed E-state index contributed by atoms with van der Waals surface area (Å²) in [7, 11) is 0. The van der Waals surface area contributed by atoms with Gasteiger partial charge in [0.25, 0.3) is 0 Å². The van der Waals surface area contributed by atoms with E-state index in [1.54, 1.807) is 6.20 Å². The molecule has 4 heteroatoms. The van der Waals surface area contributed by atoms with Gasteiger partial charge in [0, 0.05) is 24.6 Å². The van der Waals surface area contributed by atoms with E-state index in [2.05, 4.69) is 4.98 Å². The summed E-state index contributed by atoms with van der Waals surface area (Å²) in [5, 5.41) is 0. The second-order valence-electron chi connectivity index (χ2n) is 2.94. The average Bonchev–Trinajstić information content (AvgIpc) is 2.49. The standard InChI is InChI=1S/C9H11N3.ClH/c1-7(10)8-2-3-9-11-4-5-12(9)6-8;/h2-7H,10H2,1H3;1H/t7-;/m1./s1. The Bertz CT molecular complexity index is 394. The van der Waals surface area contributed by atoms with Crippen molar-refractivity contribution >= 4 is 18.1 Å². The molecule has 0 amide bonds. The average molecular weight is 198 g/mol. The third-order valence-electron chi connectivity index (χ3n) is 1.94. The lowest BCUT2D eigenvalue weighted by atomic mass is 10.2. The van der Waals surface area contributed by atoms with Crippen LogP contribution in [0.15, 0.2) is 30.7 Å². The molecule has 2 heterocycles. The minimum atomic E-state index is 0. The zero-order valence-electron chi connectivity index (χ0n) is 7.34. The molecule has 2 aromatic heterocycles. The van der Waals surface area contributed by atoms with Gasteiger partial charge >= 0.3 is 0 Å². The highest BCUT2D eigenvalue weighted by Gasteiger charge is 1.99. The molecule has 0 aliphatic carbocycles. The monoisotopic (exact) mass is 197 g/mol. The molecule has 0 aliphatic rings. The van der Waals surface area contributed by atoms with Crippen LogP contribution in [0.3, 0.4) is 0 Å². The second kappa shape index (κ2) is 3.77. The van der Waals surface area contributed by atoms with Crippen LogP contribution in [0.25, 0.3) is 5.65 Å². The largest absolute Gasteiger partial charge is 0.324 e. The Kier molecular flexibility index (Phi) is 2.90. The molecule has 0 spiro atoms. The van der Waals surface area contributed by atoms with Gasteiger partial charge < -0.3 is 10.1 Å². The lowest BCUT2D eigenvalue weighted by Gasteiger charge is -2.04. The molecule has 1 atom stereocenters. The number of hydrogen-bond acceptors (Lipinski definition) is 2. The molecular weight excluding hydrogens is 186 g/mol. The maximum atomic E-state index is 5.74. The van der Waals surface area contributed by atoms with Crippen LogP contribution in [0, 0.1) is 0 Å². The van der Waals surface area contributed by atoms with Crippen molar-refractivity contribution in [1.29, 1.82) is 0 Å². The summed E-state index contributed by atoms with van der Waals surface area (Å²) in [6.07, 6.45) is 5.70. The van der Waals surface area contributed by atoms with Gasteiger partial charge in [0.2, 0.25) is 0 Å². The molecule has 0 saturated carbocycles. The summed E-state index contributed by atoms with van der Waals surface area (Å²) < 4.78 is 1.97. The topological polar surface area (TPSA) is 43.3 Å². The molecule has 3 nitrogen and oxygen atoms in total. The molecule has 2 rings (SSSR count). The van der Waals surface area contributed by atoms with Gasteiger partial charge in [-0.1, -0.05) is 6.07 Å². The van der Waals surface area contributed by atoms with Crippen LogP contribution in [0.1, 0.15) is 18.5 Å². The van der Waals surface area contributed by atoms with Crippen molar-refractivity contribution in [3.63, 3.8) is 0 Å². The molecule has 13 heavy (non-hydrogen) atoms. The Morgan fingerprint density at radius 2 is 2.23 bits per heavy atom. The molecule has 0 unspecified atom stereocenters. The van der Waals surface area contributed by atoms with E-state index in [-0.39, 0.29) is 18.4 Å². The van der Waals surface area contributed by atoms with Crippen LogP contribution in [0.5, 0.6) is 0 Å². The summed E-state index contributed by atoms with van der Waals surface area (Å²) in [5.74, 6) is 0. The van der Waals surface area contributed by atoms with E-state index < -0.39 is 0 Å². The first-order valence-corrected chi connectivity index (χ1v) is 3.95. The SMILES string of the molecule is C[C@@H](N)c1ccc2nccn2c1.Cl. The molecular formula is C9H12ClN3. The molecule has 0 bridgehead atoms. The van der Waals surface area contributed by atoms with E-state index in [9.17, 15) is 0 Å². The van der Waals surface area contributed by atoms with Gasteiger partial charge in [-0.15, -0.1) is 12.4 Å². The second-order valence-corrected chi connectivity index (χ2v) is 2.94. The minimum Gasteiger partial charge on any atom is -0.324 e. The number of halogens is 1. The number of hydrogen-bond donors (Lipinski definition) is 1. The molecule has 2 N–H and O–H groups in total. The Labute approximate surface area is 83.0 Å². The summed E-state index contributed by atoms with van der Waals surface area (Å²) in [4.78, 5) is 4.14. The Morgan fingerprint density at radius 1 is 1.46 bits per heavy atom. The van der Waals surface area contributed by atoms with Crippen molar-refractivity contribution in [3.8, 4) is 0 Å². The van der Waals surface area contributed by atoms with Gasteiger partial charge in [0.05, 0.1) is 0 Å². The van der Waals surface area contributed by atoms with E-state index in [0.717, 1.165) is 11.2 Å². The lowest BCUT2D eigenvalue weighted by molar-refractivity contribution is 0.808. The Hall–Kier alpha value is -1.06. The first-order chi connectivity index (χ1) is 5.77.